The Morgan fingerprint density at radius 2 is 1.48 bits per heavy atom. The number of hydrogen-bond donors (Lipinski definition) is 1. The highest BCUT2D eigenvalue weighted by atomic mass is 16.5. The summed E-state index contributed by atoms with van der Waals surface area (Å²) < 4.78 is 5.50. The van der Waals surface area contributed by atoms with E-state index in [2.05, 4.69) is 6.92 Å². The van der Waals surface area contributed by atoms with Crippen LogP contribution in [0.25, 0.3) is 0 Å². The molecular formula is C19H38O2. The minimum absolute atomic E-state index is 0.0739. The first-order valence-corrected chi connectivity index (χ1v) is 9.48. The Hall–Kier alpha value is -0.0800. The molecule has 0 spiro atoms. The zero-order chi connectivity index (χ0) is 15.4. The number of hydrogen-bond acceptors (Lipinski definition) is 2. The molecule has 0 aromatic heterocycles. The Bertz CT molecular complexity index is 242. The smallest absolute Gasteiger partial charge is 0.0908 e. The maximum Gasteiger partial charge on any atom is 0.0908 e. The second-order valence-corrected chi connectivity index (χ2v) is 7.01. The van der Waals surface area contributed by atoms with Crippen molar-refractivity contribution in [2.24, 2.45) is 0 Å². The van der Waals surface area contributed by atoms with E-state index >= 15 is 0 Å². The highest BCUT2D eigenvalue weighted by Gasteiger charge is 2.38. The average molecular weight is 299 g/mol. The lowest BCUT2D eigenvalue weighted by molar-refractivity contribution is -0.121. The van der Waals surface area contributed by atoms with E-state index in [9.17, 15) is 5.11 Å². The van der Waals surface area contributed by atoms with Gasteiger partial charge in [-0.3, -0.25) is 0 Å². The Labute approximate surface area is 132 Å². The summed E-state index contributed by atoms with van der Waals surface area (Å²) in [6.07, 6.45) is 18.9. The van der Waals surface area contributed by atoms with E-state index in [1.54, 1.807) is 7.11 Å². The van der Waals surface area contributed by atoms with E-state index in [-0.39, 0.29) is 6.10 Å². The topological polar surface area (TPSA) is 29.5 Å². The van der Waals surface area contributed by atoms with Crippen LogP contribution in [0.15, 0.2) is 0 Å². The third kappa shape index (κ3) is 7.65. The summed E-state index contributed by atoms with van der Waals surface area (Å²) in [5, 5.41) is 10.7. The van der Waals surface area contributed by atoms with Crippen LogP contribution >= 0.6 is 0 Å². The molecule has 0 aromatic carbocycles. The molecular weight excluding hydrogens is 260 g/mol. The molecule has 0 heterocycles. The standard InChI is InChI=1S/C19H38O2/c1-3-4-5-6-7-8-9-10-11-13-16-19(20)17-14-12-15-18(19)21-2/h18,20H,3-17H2,1-2H3. The van der Waals surface area contributed by atoms with Crippen LogP contribution in [0.3, 0.4) is 0 Å². The van der Waals surface area contributed by atoms with Gasteiger partial charge in [-0.1, -0.05) is 84.0 Å². The molecule has 0 amide bonds. The van der Waals surface area contributed by atoms with Gasteiger partial charge in [0.15, 0.2) is 0 Å². The van der Waals surface area contributed by atoms with Gasteiger partial charge in [0.1, 0.15) is 0 Å². The zero-order valence-electron chi connectivity index (χ0n) is 14.5. The summed E-state index contributed by atoms with van der Waals surface area (Å²) in [6.45, 7) is 2.27. The predicted octanol–water partition coefficient (Wildman–Crippen LogP) is 5.62. The van der Waals surface area contributed by atoms with Gasteiger partial charge in [-0.15, -0.1) is 0 Å². The summed E-state index contributed by atoms with van der Waals surface area (Å²) in [5.41, 5.74) is -0.535. The van der Waals surface area contributed by atoms with Crippen LogP contribution in [0.4, 0.5) is 0 Å². The van der Waals surface area contributed by atoms with Gasteiger partial charge in [0.25, 0.3) is 0 Å². The molecule has 2 nitrogen and oxygen atoms in total. The third-order valence-corrected chi connectivity index (χ3v) is 5.17. The van der Waals surface area contributed by atoms with Crippen molar-refractivity contribution in [3.8, 4) is 0 Å². The SMILES string of the molecule is CCCCCCCCCCCCC1(O)CCCCC1OC. The highest BCUT2D eigenvalue weighted by Crippen LogP contribution is 2.34. The molecule has 1 saturated carbocycles. The van der Waals surface area contributed by atoms with Crippen molar-refractivity contribution >= 4 is 0 Å². The molecule has 2 unspecified atom stereocenters. The summed E-state index contributed by atoms with van der Waals surface area (Å²) in [6, 6.07) is 0. The van der Waals surface area contributed by atoms with E-state index in [0.29, 0.717) is 0 Å². The van der Waals surface area contributed by atoms with E-state index in [1.807, 2.05) is 0 Å². The Morgan fingerprint density at radius 1 is 0.905 bits per heavy atom. The molecule has 1 N–H and O–H groups in total. The minimum Gasteiger partial charge on any atom is -0.387 e. The van der Waals surface area contributed by atoms with Crippen LogP contribution in [-0.2, 0) is 4.74 Å². The Balaban J connectivity index is 1.98. The van der Waals surface area contributed by atoms with E-state index in [0.717, 1.165) is 32.1 Å². The van der Waals surface area contributed by atoms with Crippen molar-refractivity contribution < 1.29 is 9.84 Å². The molecule has 1 aliphatic carbocycles. The lowest BCUT2D eigenvalue weighted by Crippen LogP contribution is -2.45. The summed E-state index contributed by atoms with van der Waals surface area (Å²) in [5.74, 6) is 0. The van der Waals surface area contributed by atoms with Gasteiger partial charge < -0.3 is 9.84 Å². The van der Waals surface area contributed by atoms with Gasteiger partial charge in [0.05, 0.1) is 11.7 Å². The zero-order valence-corrected chi connectivity index (χ0v) is 14.5. The number of unbranched alkanes of at least 4 members (excludes halogenated alkanes) is 9. The van der Waals surface area contributed by atoms with Crippen molar-refractivity contribution in [1.82, 2.24) is 0 Å². The molecule has 0 saturated heterocycles. The molecule has 1 fully saturated rings. The van der Waals surface area contributed by atoms with Crippen molar-refractivity contribution in [3.63, 3.8) is 0 Å². The number of rotatable bonds is 12. The molecule has 2 heteroatoms. The molecule has 0 bridgehead atoms. The monoisotopic (exact) mass is 298 g/mol. The van der Waals surface area contributed by atoms with Crippen LogP contribution in [0.2, 0.25) is 0 Å². The van der Waals surface area contributed by atoms with Gasteiger partial charge in [0, 0.05) is 7.11 Å². The fourth-order valence-electron chi connectivity index (χ4n) is 3.73. The number of methoxy groups -OCH3 is 1. The Kier molecular flexibility index (Phi) is 10.4. The molecule has 0 radical (unpaired) electrons. The molecule has 21 heavy (non-hydrogen) atoms. The second-order valence-electron chi connectivity index (χ2n) is 7.01. The first kappa shape index (κ1) is 19.0. The van der Waals surface area contributed by atoms with E-state index in [1.165, 1.54) is 64.2 Å². The van der Waals surface area contributed by atoms with Crippen molar-refractivity contribution in [2.45, 2.75) is 115 Å². The van der Waals surface area contributed by atoms with Crippen molar-refractivity contribution in [1.29, 1.82) is 0 Å². The van der Waals surface area contributed by atoms with Gasteiger partial charge in [-0.25, -0.2) is 0 Å². The molecule has 1 rings (SSSR count). The van der Waals surface area contributed by atoms with Crippen LogP contribution in [0.1, 0.15) is 103 Å². The second kappa shape index (κ2) is 11.5. The summed E-state index contributed by atoms with van der Waals surface area (Å²) >= 11 is 0. The van der Waals surface area contributed by atoms with Crippen molar-refractivity contribution in [3.05, 3.63) is 0 Å². The van der Waals surface area contributed by atoms with Gasteiger partial charge >= 0.3 is 0 Å². The largest absolute Gasteiger partial charge is 0.387 e. The van der Waals surface area contributed by atoms with E-state index in [4.69, 9.17) is 4.74 Å². The molecule has 126 valence electrons. The molecule has 0 aliphatic heterocycles. The van der Waals surface area contributed by atoms with E-state index < -0.39 is 5.60 Å². The molecule has 0 aromatic rings. The molecule has 2 atom stereocenters. The first-order valence-electron chi connectivity index (χ1n) is 9.48. The lowest BCUT2D eigenvalue weighted by atomic mass is 9.78. The van der Waals surface area contributed by atoms with Gasteiger partial charge in [0.2, 0.25) is 0 Å². The average Bonchev–Trinajstić information content (AvgIpc) is 2.49. The summed E-state index contributed by atoms with van der Waals surface area (Å²) in [7, 11) is 1.75. The van der Waals surface area contributed by atoms with Gasteiger partial charge in [-0.05, 0) is 19.3 Å². The third-order valence-electron chi connectivity index (χ3n) is 5.17. The number of ether oxygens (including phenoxy) is 1. The predicted molar refractivity (Wildman–Crippen MR) is 90.7 cm³/mol. The van der Waals surface area contributed by atoms with Crippen molar-refractivity contribution in [2.75, 3.05) is 7.11 Å². The fourth-order valence-corrected chi connectivity index (χ4v) is 3.73. The van der Waals surface area contributed by atoms with Crippen LogP contribution in [0.5, 0.6) is 0 Å². The first-order chi connectivity index (χ1) is 10.2. The maximum absolute atomic E-state index is 10.7. The molecule has 1 aliphatic rings. The van der Waals surface area contributed by atoms with Gasteiger partial charge in [-0.2, -0.15) is 0 Å². The maximum atomic E-state index is 10.7. The van der Waals surface area contributed by atoms with Crippen LogP contribution in [0, 0.1) is 0 Å². The Morgan fingerprint density at radius 3 is 2.05 bits per heavy atom. The fraction of sp³-hybridized carbons (Fsp3) is 1.00. The number of aliphatic hydroxyl groups is 1. The quantitative estimate of drug-likeness (QED) is 0.474. The summed E-state index contributed by atoms with van der Waals surface area (Å²) in [4.78, 5) is 0. The minimum atomic E-state index is -0.535. The van der Waals surface area contributed by atoms with Crippen LogP contribution in [-0.4, -0.2) is 23.9 Å². The normalized spacial score (nSPS) is 26.1. The van der Waals surface area contributed by atoms with Crippen LogP contribution < -0.4 is 0 Å². The lowest BCUT2D eigenvalue weighted by Gasteiger charge is -2.39. The highest BCUT2D eigenvalue weighted by molar-refractivity contribution is 4.90.